The first-order chi connectivity index (χ1) is 12.5. The Labute approximate surface area is 166 Å². The second-order valence-electron chi connectivity index (χ2n) is 6.18. The maximum Gasteiger partial charge on any atom is 0.306 e. The van der Waals surface area contributed by atoms with Crippen LogP contribution in [0, 0.1) is 12.8 Å². The number of anilines is 1. The number of carbonyl (C=O) groups excluding carboxylic acids is 1. The Bertz CT molecular complexity index is 985. The van der Waals surface area contributed by atoms with E-state index in [1.807, 2.05) is 0 Å². The number of hydrogen-bond donors (Lipinski definition) is 2. The third kappa shape index (κ3) is 5.50. The first-order valence-electron chi connectivity index (χ1n) is 7.99. The summed E-state index contributed by atoms with van der Waals surface area (Å²) in [5, 5.41) is 12.0. The summed E-state index contributed by atoms with van der Waals surface area (Å²) in [5.41, 5.74) is 1.27. The smallest absolute Gasteiger partial charge is 0.306 e. The van der Waals surface area contributed by atoms with Crippen molar-refractivity contribution in [3.05, 3.63) is 28.9 Å². The van der Waals surface area contributed by atoms with E-state index < -0.39 is 21.7 Å². The minimum absolute atomic E-state index is 0.0303. The van der Waals surface area contributed by atoms with Crippen molar-refractivity contribution in [1.82, 2.24) is 4.98 Å². The van der Waals surface area contributed by atoms with E-state index in [-0.39, 0.29) is 28.7 Å². The van der Waals surface area contributed by atoms with Gasteiger partial charge in [0, 0.05) is 12.7 Å². The Morgan fingerprint density at radius 2 is 2.04 bits per heavy atom. The van der Waals surface area contributed by atoms with Gasteiger partial charge in [-0.15, -0.1) is 0 Å². The Balaban J connectivity index is 2.20. The molecule has 1 unspecified atom stereocenters. The van der Waals surface area contributed by atoms with Crippen molar-refractivity contribution in [3.8, 4) is 10.4 Å². The van der Waals surface area contributed by atoms with Crippen LogP contribution in [0.5, 0.6) is 0 Å². The third-order valence-corrected chi connectivity index (χ3v) is 6.56. The van der Waals surface area contributed by atoms with E-state index >= 15 is 0 Å². The molecule has 146 valence electrons. The molecule has 1 amide bonds. The van der Waals surface area contributed by atoms with Crippen LogP contribution in [0.4, 0.5) is 5.13 Å². The number of nitrogens with zero attached hydrogens (tertiary/aromatic N) is 1. The summed E-state index contributed by atoms with van der Waals surface area (Å²) in [6, 6.07) is 4.69. The molecule has 2 N–H and O–H groups in total. The van der Waals surface area contributed by atoms with Crippen LogP contribution in [-0.2, 0) is 19.4 Å². The fourth-order valence-electron chi connectivity index (χ4n) is 2.30. The van der Waals surface area contributed by atoms with E-state index in [4.69, 9.17) is 16.7 Å². The quantitative estimate of drug-likeness (QED) is 0.693. The van der Waals surface area contributed by atoms with Crippen LogP contribution in [0.2, 0.25) is 5.02 Å². The lowest BCUT2D eigenvalue weighted by atomic mass is 10.1. The van der Waals surface area contributed by atoms with Crippen LogP contribution >= 0.6 is 22.9 Å². The molecule has 0 saturated carbocycles. The molecular formula is C17H19ClN2O5S2. The number of carboxylic acid groups (broad SMARTS) is 1. The predicted molar refractivity (Wildman–Crippen MR) is 105 cm³/mol. The van der Waals surface area contributed by atoms with Gasteiger partial charge in [-0.1, -0.05) is 35.9 Å². The number of thiazole rings is 1. The molecule has 2 rings (SSSR count). The lowest BCUT2D eigenvalue weighted by Gasteiger charge is -2.05. The molecule has 0 radical (unpaired) electrons. The number of carboxylic acids is 1. The number of hydrogen-bond acceptors (Lipinski definition) is 6. The highest BCUT2D eigenvalue weighted by molar-refractivity contribution is 7.90. The van der Waals surface area contributed by atoms with Crippen molar-refractivity contribution in [2.75, 3.05) is 11.6 Å². The van der Waals surface area contributed by atoms with E-state index in [1.165, 1.54) is 23.5 Å². The molecule has 0 aliphatic heterocycles. The molecule has 0 aliphatic carbocycles. The van der Waals surface area contributed by atoms with Gasteiger partial charge in [-0.2, -0.15) is 0 Å². The number of carbonyl (C=O) groups is 2. The van der Waals surface area contributed by atoms with Gasteiger partial charge in [-0.3, -0.25) is 9.59 Å². The van der Waals surface area contributed by atoms with E-state index in [1.54, 1.807) is 19.9 Å². The Morgan fingerprint density at radius 3 is 2.63 bits per heavy atom. The summed E-state index contributed by atoms with van der Waals surface area (Å²) in [4.78, 5) is 27.8. The van der Waals surface area contributed by atoms with Crippen LogP contribution < -0.4 is 5.32 Å². The maximum atomic E-state index is 12.0. The largest absolute Gasteiger partial charge is 0.481 e. The van der Waals surface area contributed by atoms with Crippen LogP contribution in [0.1, 0.15) is 25.5 Å². The summed E-state index contributed by atoms with van der Waals surface area (Å²) < 4.78 is 23.7. The zero-order chi connectivity index (χ0) is 20.4. The number of aliphatic carboxylic acids is 1. The van der Waals surface area contributed by atoms with Gasteiger partial charge in [-0.25, -0.2) is 13.4 Å². The third-order valence-electron chi connectivity index (χ3n) is 3.86. The van der Waals surface area contributed by atoms with E-state index in [2.05, 4.69) is 10.3 Å². The summed E-state index contributed by atoms with van der Waals surface area (Å²) in [6.45, 7) is 3.30. The zero-order valence-corrected chi connectivity index (χ0v) is 17.3. The van der Waals surface area contributed by atoms with E-state index in [0.717, 1.165) is 6.26 Å². The Hall–Kier alpha value is -1.97. The average molecular weight is 431 g/mol. The maximum absolute atomic E-state index is 12.0. The molecule has 0 bridgehead atoms. The summed E-state index contributed by atoms with van der Waals surface area (Å²) in [5.74, 6) is -1.87. The molecule has 0 fully saturated rings. The fourth-order valence-corrected chi connectivity index (χ4v) is 4.58. The van der Waals surface area contributed by atoms with Crippen LogP contribution in [0.3, 0.4) is 0 Å². The number of rotatable bonds is 7. The van der Waals surface area contributed by atoms with Gasteiger partial charge < -0.3 is 10.4 Å². The molecule has 0 saturated heterocycles. The highest BCUT2D eigenvalue weighted by Gasteiger charge is 2.18. The molecule has 7 nitrogen and oxygen atoms in total. The van der Waals surface area contributed by atoms with Crippen LogP contribution in [-0.4, -0.2) is 36.6 Å². The molecule has 0 aliphatic rings. The van der Waals surface area contributed by atoms with Gasteiger partial charge in [0.2, 0.25) is 5.91 Å². The lowest BCUT2D eigenvalue weighted by Crippen LogP contribution is -2.16. The number of nitrogens with one attached hydrogen (secondary N) is 1. The summed E-state index contributed by atoms with van der Waals surface area (Å²) in [6.07, 6.45) is 1.38. The SMILES string of the molecule is Cc1nc(NC(=O)CCC(C)C(=O)O)sc1-c1ccc(Cl)c(S(C)(=O)=O)c1. The number of sulfone groups is 1. The van der Waals surface area contributed by atoms with Crippen molar-refractivity contribution < 1.29 is 23.1 Å². The van der Waals surface area contributed by atoms with Gasteiger partial charge in [-0.05, 0) is 31.0 Å². The molecule has 27 heavy (non-hydrogen) atoms. The molecule has 0 spiro atoms. The van der Waals surface area contributed by atoms with E-state index in [9.17, 15) is 18.0 Å². The second-order valence-corrected chi connectivity index (χ2v) is 9.57. The molecular weight excluding hydrogens is 412 g/mol. The number of aryl methyl sites for hydroxylation is 1. The summed E-state index contributed by atoms with van der Waals surface area (Å²) in [7, 11) is -3.48. The minimum atomic E-state index is -3.48. The number of benzene rings is 1. The van der Waals surface area contributed by atoms with E-state index in [0.29, 0.717) is 21.3 Å². The highest BCUT2D eigenvalue weighted by atomic mass is 35.5. The first-order valence-corrected chi connectivity index (χ1v) is 11.1. The second kappa shape index (κ2) is 8.37. The van der Waals surface area contributed by atoms with Crippen LogP contribution in [0.15, 0.2) is 23.1 Å². The van der Waals surface area contributed by atoms with Gasteiger partial charge in [0.05, 0.1) is 26.4 Å². The number of amides is 1. The minimum Gasteiger partial charge on any atom is -0.481 e. The molecule has 10 heteroatoms. The Kier molecular flexibility index (Phi) is 6.61. The topological polar surface area (TPSA) is 113 Å². The monoisotopic (exact) mass is 430 g/mol. The zero-order valence-electron chi connectivity index (χ0n) is 14.9. The summed E-state index contributed by atoms with van der Waals surface area (Å²) >= 11 is 7.18. The van der Waals surface area contributed by atoms with Gasteiger partial charge >= 0.3 is 5.97 Å². The van der Waals surface area contributed by atoms with Gasteiger partial charge in [0.1, 0.15) is 0 Å². The van der Waals surface area contributed by atoms with Crippen LogP contribution in [0.25, 0.3) is 10.4 Å². The molecule has 1 aromatic heterocycles. The molecule has 1 heterocycles. The fraction of sp³-hybridized carbons (Fsp3) is 0.353. The van der Waals surface area contributed by atoms with Crippen molar-refractivity contribution in [2.45, 2.75) is 31.6 Å². The van der Waals surface area contributed by atoms with Crippen molar-refractivity contribution in [3.63, 3.8) is 0 Å². The standard InChI is InChI=1S/C17H19ClN2O5S2/c1-9(16(22)23)4-7-14(21)20-17-19-10(2)15(26-17)11-5-6-12(18)13(8-11)27(3,24)25/h5-6,8-9H,4,7H2,1-3H3,(H,22,23)(H,19,20,21). The van der Waals surface area contributed by atoms with Gasteiger partial charge in [0.25, 0.3) is 0 Å². The number of aromatic nitrogens is 1. The van der Waals surface area contributed by atoms with Crippen molar-refractivity contribution in [2.24, 2.45) is 5.92 Å². The first kappa shape index (κ1) is 21.3. The normalized spacial score (nSPS) is 12.6. The molecule has 1 aromatic carbocycles. The number of halogens is 1. The molecule has 2 aromatic rings. The van der Waals surface area contributed by atoms with Crippen molar-refractivity contribution in [1.29, 1.82) is 0 Å². The lowest BCUT2D eigenvalue weighted by molar-refractivity contribution is -0.141. The Morgan fingerprint density at radius 1 is 1.37 bits per heavy atom. The average Bonchev–Trinajstić information content (AvgIpc) is 2.92. The van der Waals surface area contributed by atoms with Crippen molar-refractivity contribution >= 4 is 49.8 Å². The van der Waals surface area contributed by atoms with Gasteiger partial charge in [0.15, 0.2) is 15.0 Å². The highest BCUT2D eigenvalue weighted by Crippen LogP contribution is 2.35. The molecule has 1 atom stereocenters. The predicted octanol–water partition coefficient (Wildman–Crippen LogP) is 3.61.